The maximum Gasteiger partial charge on any atom is 0.119 e. The molecule has 2 heterocycles. The van der Waals surface area contributed by atoms with Gasteiger partial charge in [-0.2, -0.15) is 0 Å². The fourth-order valence-electron chi connectivity index (χ4n) is 4.50. The van der Waals surface area contributed by atoms with Crippen LogP contribution in [0.25, 0.3) is 0 Å². The van der Waals surface area contributed by atoms with Gasteiger partial charge in [0.25, 0.3) is 0 Å². The lowest BCUT2D eigenvalue weighted by Gasteiger charge is -2.35. The molecule has 4 rings (SSSR count). The van der Waals surface area contributed by atoms with Crippen molar-refractivity contribution in [1.82, 2.24) is 9.80 Å². The van der Waals surface area contributed by atoms with Gasteiger partial charge in [-0.3, -0.25) is 9.80 Å². The molecule has 0 bridgehead atoms. The molecule has 5 heteroatoms. The Bertz CT molecular complexity index is 583. The minimum Gasteiger partial charge on any atom is -0.494 e. The van der Waals surface area contributed by atoms with Crippen molar-refractivity contribution in [2.24, 2.45) is 0 Å². The van der Waals surface area contributed by atoms with Crippen LogP contribution in [0.1, 0.15) is 49.4 Å². The fraction of sp³-hybridized carbons (Fsp3) is 0.714. The second-order valence-corrected chi connectivity index (χ2v) is 7.56. The molecule has 0 amide bonds. The number of benzene rings is 1. The molecule has 5 nitrogen and oxygen atoms in total. The second kappa shape index (κ2) is 8.70. The summed E-state index contributed by atoms with van der Waals surface area (Å²) in [6, 6.07) is 7.79. The highest BCUT2D eigenvalue weighted by atomic mass is 16.5. The number of hydrogen-bond acceptors (Lipinski definition) is 5. The first kappa shape index (κ1) is 18.2. The summed E-state index contributed by atoms with van der Waals surface area (Å²) in [6.45, 7) is 10.5. The van der Waals surface area contributed by atoms with E-state index in [1.54, 1.807) is 0 Å². The van der Waals surface area contributed by atoms with Gasteiger partial charge in [-0.15, -0.1) is 0 Å². The highest BCUT2D eigenvalue weighted by molar-refractivity contribution is 5.43. The normalized spacial score (nSPS) is 27.4. The molecule has 26 heavy (non-hydrogen) atoms. The third kappa shape index (κ3) is 3.91. The van der Waals surface area contributed by atoms with Crippen molar-refractivity contribution in [2.45, 2.75) is 38.3 Å². The molecule has 0 spiro atoms. The third-order valence-electron chi connectivity index (χ3n) is 5.96. The minimum absolute atomic E-state index is 0.483. The van der Waals surface area contributed by atoms with Crippen LogP contribution in [-0.4, -0.2) is 69.0 Å². The van der Waals surface area contributed by atoms with Gasteiger partial charge in [0.05, 0.1) is 33.0 Å². The van der Waals surface area contributed by atoms with E-state index in [2.05, 4.69) is 34.9 Å². The molecule has 2 unspecified atom stereocenters. The molecule has 2 atom stereocenters. The zero-order valence-corrected chi connectivity index (χ0v) is 16.0. The summed E-state index contributed by atoms with van der Waals surface area (Å²) in [7, 11) is 0. The SMILES string of the molecule is CCCCOc1ccc2c(c1)C(N1CCOCC1)CC2N1CCOCC1. The van der Waals surface area contributed by atoms with Crippen molar-refractivity contribution in [2.75, 3.05) is 59.2 Å². The Morgan fingerprint density at radius 2 is 1.54 bits per heavy atom. The first-order valence-corrected chi connectivity index (χ1v) is 10.3. The number of ether oxygens (including phenoxy) is 3. The summed E-state index contributed by atoms with van der Waals surface area (Å²) in [5.41, 5.74) is 2.96. The number of hydrogen-bond donors (Lipinski definition) is 0. The van der Waals surface area contributed by atoms with E-state index in [0.29, 0.717) is 12.1 Å². The molecule has 1 aromatic carbocycles. The predicted octanol–water partition coefficient (Wildman–Crippen LogP) is 3.02. The Balaban J connectivity index is 1.57. The lowest BCUT2D eigenvalue weighted by Crippen LogP contribution is -2.40. The summed E-state index contributed by atoms with van der Waals surface area (Å²) in [5.74, 6) is 1.03. The minimum atomic E-state index is 0.483. The van der Waals surface area contributed by atoms with Crippen LogP contribution in [0.2, 0.25) is 0 Å². The number of morpholine rings is 2. The molecular weight excluding hydrogens is 328 g/mol. The van der Waals surface area contributed by atoms with Gasteiger partial charge < -0.3 is 14.2 Å². The molecule has 2 fully saturated rings. The molecule has 0 radical (unpaired) electrons. The Labute approximate surface area is 157 Å². The van der Waals surface area contributed by atoms with Gasteiger partial charge in [-0.1, -0.05) is 19.4 Å². The third-order valence-corrected chi connectivity index (χ3v) is 5.96. The Morgan fingerprint density at radius 1 is 0.923 bits per heavy atom. The van der Waals surface area contributed by atoms with E-state index in [-0.39, 0.29) is 0 Å². The molecule has 1 aliphatic carbocycles. The van der Waals surface area contributed by atoms with Crippen molar-refractivity contribution in [3.8, 4) is 5.75 Å². The van der Waals surface area contributed by atoms with Gasteiger partial charge in [0.15, 0.2) is 0 Å². The number of rotatable bonds is 6. The predicted molar refractivity (Wildman–Crippen MR) is 102 cm³/mol. The first-order valence-electron chi connectivity index (χ1n) is 10.3. The van der Waals surface area contributed by atoms with Crippen LogP contribution in [0.5, 0.6) is 5.75 Å². The molecule has 2 saturated heterocycles. The quantitative estimate of drug-likeness (QED) is 0.729. The largest absolute Gasteiger partial charge is 0.494 e. The zero-order valence-electron chi connectivity index (χ0n) is 16.0. The summed E-state index contributed by atoms with van der Waals surface area (Å²) in [4.78, 5) is 5.22. The van der Waals surface area contributed by atoms with Gasteiger partial charge in [0.2, 0.25) is 0 Å². The van der Waals surface area contributed by atoms with Crippen LogP contribution in [0.4, 0.5) is 0 Å². The molecular formula is C21H32N2O3. The van der Waals surface area contributed by atoms with Crippen molar-refractivity contribution >= 4 is 0 Å². The highest BCUT2D eigenvalue weighted by Gasteiger charge is 2.38. The van der Waals surface area contributed by atoms with E-state index < -0.39 is 0 Å². The van der Waals surface area contributed by atoms with E-state index in [1.165, 1.54) is 24.0 Å². The average molecular weight is 360 g/mol. The van der Waals surface area contributed by atoms with Crippen LogP contribution in [-0.2, 0) is 9.47 Å². The van der Waals surface area contributed by atoms with E-state index in [1.807, 2.05) is 0 Å². The maximum atomic E-state index is 6.01. The van der Waals surface area contributed by atoms with Crippen molar-refractivity contribution in [3.63, 3.8) is 0 Å². The maximum absolute atomic E-state index is 6.01. The second-order valence-electron chi connectivity index (χ2n) is 7.56. The van der Waals surface area contributed by atoms with E-state index in [9.17, 15) is 0 Å². The molecule has 0 saturated carbocycles. The number of fused-ring (bicyclic) bond motifs is 1. The summed E-state index contributed by atoms with van der Waals surface area (Å²) in [5, 5.41) is 0. The molecule has 2 aliphatic heterocycles. The fourth-order valence-corrected chi connectivity index (χ4v) is 4.50. The average Bonchev–Trinajstić information content (AvgIpc) is 3.08. The lowest BCUT2D eigenvalue weighted by molar-refractivity contribution is -0.00320. The summed E-state index contributed by atoms with van der Waals surface area (Å²) < 4.78 is 17.2. The van der Waals surface area contributed by atoms with Crippen molar-refractivity contribution in [3.05, 3.63) is 29.3 Å². The molecule has 0 aromatic heterocycles. The molecule has 3 aliphatic rings. The lowest BCUT2D eigenvalue weighted by atomic mass is 10.1. The van der Waals surface area contributed by atoms with Gasteiger partial charge >= 0.3 is 0 Å². The van der Waals surface area contributed by atoms with Crippen LogP contribution >= 0.6 is 0 Å². The topological polar surface area (TPSA) is 34.2 Å². The van der Waals surface area contributed by atoms with Crippen molar-refractivity contribution in [1.29, 1.82) is 0 Å². The van der Waals surface area contributed by atoms with Crippen molar-refractivity contribution < 1.29 is 14.2 Å². The Morgan fingerprint density at radius 3 is 2.15 bits per heavy atom. The highest BCUT2D eigenvalue weighted by Crippen LogP contribution is 2.46. The summed E-state index contributed by atoms with van der Waals surface area (Å²) in [6.07, 6.45) is 3.45. The first-order chi connectivity index (χ1) is 12.9. The van der Waals surface area contributed by atoms with Crippen LogP contribution < -0.4 is 4.74 Å². The van der Waals surface area contributed by atoms with Crippen LogP contribution in [0.15, 0.2) is 18.2 Å². The van der Waals surface area contributed by atoms with Gasteiger partial charge in [-0.05, 0) is 36.1 Å². The van der Waals surface area contributed by atoms with Crippen LogP contribution in [0.3, 0.4) is 0 Å². The van der Waals surface area contributed by atoms with Crippen LogP contribution in [0, 0.1) is 0 Å². The van der Waals surface area contributed by atoms with E-state index >= 15 is 0 Å². The molecule has 144 valence electrons. The number of nitrogens with zero attached hydrogens (tertiary/aromatic N) is 2. The molecule has 1 aromatic rings. The smallest absolute Gasteiger partial charge is 0.119 e. The summed E-state index contributed by atoms with van der Waals surface area (Å²) >= 11 is 0. The molecule has 0 N–H and O–H groups in total. The van der Waals surface area contributed by atoms with Gasteiger partial charge in [0, 0.05) is 38.3 Å². The Kier molecular flexibility index (Phi) is 6.10. The monoisotopic (exact) mass is 360 g/mol. The number of unbranched alkanes of at least 4 members (excludes halogenated alkanes) is 1. The van der Waals surface area contributed by atoms with Gasteiger partial charge in [0.1, 0.15) is 5.75 Å². The Hall–Kier alpha value is -1.14. The van der Waals surface area contributed by atoms with E-state index in [4.69, 9.17) is 14.2 Å². The van der Waals surface area contributed by atoms with E-state index in [0.717, 1.165) is 71.4 Å². The standard InChI is InChI=1S/C21H32N2O3/c1-2-3-10-26-17-4-5-18-19(15-17)21(23-8-13-25-14-9-23)16-20(18)22-6-11-24-12-7-22/h4-5,15,20-21H,2-3,6-14,16H2,1H3. The van der Waals surface area contributed by atoms with Gasteiger partial charge in [-0.25, -0.2) is 0 Å². The zero-order chi connectivity index (χ0) is 17.8.